The average molecular weight is 483 g/mol. The Kier molecular flexibility index (Phi) is 5.47. The van der Waals surface area contributed by atoms with Crippen LogP contribution >= 0.6 is 23.2 Å². The van der Waals surface area contributed by atoms with Crippen LogP contribution in [0.4, 0.5) is 32.2 Å². The van der Waals surface area contributed by atoms with E-state index in [2.05, 4.69) is 25.6 Å². The number of nitrogens with one attached hydrogen (secondary N) is 2. The third-order valence-electron chi connectivity index (χ3n) is 5.55. The number of benzene rings is 2. The fourth-order valence-electron chi connectivity index (χ4n) is 3.89. The van der Waals surface area contributed by atoms with E-state index >= 15 is 0 Å². The standard InChI is InChI=1S/C23H17Cl2FN6O/c1-12-5-6-14-13(7-9-27-21(14)30-17-4-2-3-16(24)18(17)26)19(12)31-23(33)32-10-8-15-20(25)28-11-29-22(15)32/h2-7,9,11H,8,10H2,1H3,(H,27,30)(H,31,33). The van der Waals surface area contributed by atoms with Crippen molar-refractivity contribution < 1.29 is 9.18 Å². The maximum absolute atomic E-state index is 14.4. The Morgan fingerprint density at radius 2 is 1.94 bits per heavy atom. The summed E-state index contributed by atoms with van der Waals surface area (Å²) >= 11 is 12.1. The van der Waals surface area contributed by atoms with Crippen molar-refractivity contribution in [1.82, 2.24) is 15.0 Å². The normalized spacial score (nSPS) is 12.7. The topological polar surface area (TPSA) is 83.0 Å². The first kappa shape index (κ1) is 21.4. The lowest BCUT2D eigenvalue weighted by molar-refractivity contribution is 0.257. The Bertz CT molecular complexity index is 1410. The van der Waals surface area contributed by atoms with E-state index in [-0.39, 0.29) is 16.7 Å². The summed E-state index contributed by atoms with van der Waals surface area (Å²) in [4.78, 5) is 27.3. The van der Waals surface area contributed by atoms with Gasteiger partial charge in [0.15, 0.2) is 5.82 Å². The van der Waals surface area contributed by atoms with Crippen molar-refractivity contribution in [3.8, 4) is 0 Å². The molecule has 4 aromatic rings. The van der Waals surface area contributed by atoms with Crippen molar-refractivity contribution in [3.63, 3.8) is 0 Å². The SMILES string of the molecule is Cc1ccc2c(Nc3cccc(Cl)c3F)nccc2c1NC(=O)N1CCc2c(Cl)ncnc21. The summed E-state index contributed by atoms with van der Waals surface area (Å²) in [6, 6.07) is 9.92. The zero-order valence-corrected chi connectivity index (χ0v) is 18.9. The molecule has 0 aliphatic carbocycles. The molecular weight excluding hydrogens is 466 g/mol. The average Bonchev–Trinajstić information content (AvgIpc) is 3.24. The second-order valence-electron chi connectivity index (χ2n) is 7.54. The highest BCUT2D eigenvalue weighted by Crippen LogP contribution is 2.35. The monoisotopic (exact) mass is 482 g/mol. The fraction of sp³-hybridized carbons (Fsp3) is 0.130. The minimum Gasteiger partial charge on any atom is -0.337 e. The second-order valence-corrected chi connectivity index (χ2v) is 8.30. The van der Waals surface area contributed by atoms with Gasteiger partial charge < -0.3 is 10.6 Å². The lowest BCUT2D eigenvalue weighted by Crippen LogP contribution is -2.34. The van der Waals surface area contributed by atoms with E-state index in [4.69, 9.17) is 23.2 Å². The van der Waals surface area contributed by atoms with Gasteiger partial charge in [-0.2, -0.15) is 0 Å². The van der Waals surface area contributed by atoms with E-state index in [0.29, 0.717) is 40.8 Å². The van der Waals surface area contributed by atoms with Crippen LogP contribution < -0.4 is 15.5 Å². The van der Waals surface area contributed by atoms with Crippen molar-refractivity contribution >= 4 is 63.0 Å². The van der Waals surface area contributed by atoms with Crippen LogP contribution in [0, 0.1) is 12.7 Å². The predicted molar refractivity (Wildman–Crippen MR) is 128 cm³/mol. The van der Waals surface area contributed by atoms with E-state index in [1.54, 1.807) is 29.3 Å². The summed E-state index contributed by atoms with van der Waals surface area (Å²) in [5.41, 5.74) is 2.45. The molecule has 0 unspecified atom stereocenters. The molecule has 2 amide bonds. The highest BCUT2D eigenvalue weighted by Gasteiger charge is 2.29. The van der Waals surface area contributed by atoms with E-state index in [0.717, 1.165) is 16.5 Å². The Labute approximate surface area is 198 Å². The van der Waals surface area contributed by atoms with Crippen LogP contribution in [0.2, 0.25) is 10.2 Å². The smallest absolute Gasteiger partial charge is 0.327 e. The molecule has 5 rings (SSSR count). The van der Waals surface area contributed by atoms with Gasteiger partial charge in [0.2, 0.25) is 0 Å². The van der Waals surface area contributed by atoms with E-state index in [1.807, 2.05) is 19.1 Å². The van der Waals surface area contributed by atoms with Gasteiger partial charge in [-0.3, -0.25) is 4.90 Å². The Morgan fingerprint density at radius 1 is 1.09 bits per heavy atom. The van der Waals surface area contributed by atoms with Crippen LogP contribution in [0.25, 0.3) is 10.8 Å². The molecule has 2 aromatic heterocycles. The van der Waals surface area contributed by atoms with Crippen LogP contribution in [0.5, 0.6) is 0 Å². The van der Waals surface area contributed by atoms with Gasteiger partial charge in [-0.15, -0.1) is 0 Å². The van der Waals surface area contributed by atoms with Crippen LogP contribution in [0.3, 0.4) is 0 Å². The van der Waals surface area contributed by atoms with Crippen LogP contribution in [-0.2, 0) is 6.42 Å². The van der Waals surface area contributed by atoms with Gasteiger partial charge in [-0.1, -0.05) is 41.4 Å². The number of carbonyl (C=O) groups excluding carboxylic acids is 1. The molecule has 0 radical (unpaired) electrons. The second kappa shape index (κ2) is 8.46. The highest BCUT2D eigenvalue weighted by atomic mass is 35.5. The molecule has 0 spiro atoms. The number of hydrogen-bond donors (Lipinski definition) is 2. The summed E-state index contributed by atoms with van der Waals surface area (Å²) in [7, 11) is 0. The summed E-state index contributed by atoms with van der Waals surface area (Å²) in [5.74, 6) is 0.382. The maximum Gasteiger partial charge on any atom is 0.327 e. The Morgan fingerprint density at radius 3 is 2.79 bits per heavy atom. The van der Waals surface area contributed by atoms with Gasteiger partial charge in [0.1, 0.15) is 23.1 Å². The predicted octanol–water partition coefficient (Wildman–Crippen LogP) is 6.12. The third-order valence-corrected chi connectivity index (χ3v) is 6.16. The highest BCUT2D eigenvalue weighted by molar-refractivity contribution is 6.31. The van der Waals surface area contributed by atoms with Crippen LogP contribution in [0.1, 0.15) is 11.1 Å². The quantitative estimate of drug-likeness (QED) is 0.343. The molecular formula is C23H17Cl2FN6O. The van der Waals surface area contributed by atoms with Crippen LogP contribution in [-0.4, -0.2) is 27.5 Å². The number of halogens is 3. The molecule has 2 N–H and O–H groups in total. The number of pyridine rings is 1. The van der Waals surface area contributed by atoms with Gasteiger partial charge in [0.25, 0.3) is 0 Å². The molecule has 0 atom stereocenters. The lowest BCUT2D eigenvalue weighted by Gasteiger charge is -2.20. The van der Waals surface area contributed by atoms with Crippen molar-refractivity contribution in [3.05, 3.63) is 76.0 Å². The number of aryl methyl sites for hydroxylation is 1. The molecule has 10 heteroatoms. The summed E-state index contributed by atoms with van der Waals surface area (Å²) in [6.07, 6.45) is 3.52. The molecule has 3 heterocycles. The Hall–Kier alpha value is -3.49. The number of rotatable bonds is 3. The van der Waals surface area contributed by atoms with Gasteiger partial charge in [0, 0.05) is 29.1 Å². The molecule has 166 valence electrons. The van der Waals surface area contributed by atoms with Gasteiger partial charge >= 0.3 is 6.03 Å². The molecule has 33 heavy (non-hydrogen) atoms. The molecule has 1 aliphatic rings. The largest absolute Gasteiger partial charge is 0.337 e. The van der Waals surface area contributed by atoms with Crippen molar-refractivity contribution in [2.24, 2.45) is 0 Å². The molecule has 2 aromatic carbocycles. The summed E-state index contributed by atoms with van der Waals surface area (Å²) in [6.45, 7) is 2.35. The van der Waals surface area contributed by atoms with Gasteiger partial charge in [0.05, 0.1) is 16.4 Å². The third kappa shape index (κ3) is 3.81. The molecule has 7 nitrogen and oxygen atoms in total. The van der Waals surface area contributed by atoms with Crippen molar-refractivity contribution in [2.45, 2.75) is 13.3 Å². The number of urea groups is 1. The summed E-state index contributed by atoms with van der Waals surface area (Å²) in [5, 5.41) is 7.84. The lowest BCUT2D eigenvalue weighted by atomic mass is 10.1. The maximum atomic E-state index is 14.4. The molecule has 0 fully saturated rings. The number of hydrogen-bond acceptors (Lipinski definition) is 5. The zero-order chi connectivity index (χ0) is 23.1. The number of fused-ring (bicyclic) bond motifs is 2. The number of nitrogens with zero attached hydrogens (tertiary/aromatic N) is 4. The van der Waals surface area contributed by atoms with Gasteiger partial charge in [-0.25, -0.2) is 24.1 Å². The fourth-order valence-corrected chi connectivity index (χ4v) is 4.29. The van der Waals surface area contributed by atoms with Crippen molar-refractivity contribution in [2.75, 3.05) is 22.1 Å². The number of anilines is 4. The number of carbonyl (C=O) groups is 1. The molecule has 0 saturated heterocycles. The number of amides is 2. The van der Waals surface area contributed by atoms with Gasteiger partial charge in [-0.05, 0) is 37.1 Å². The molecule has 0 saturated carbocycles. The first-order valence-electron chi connectivity index (χ1n) is 10.1. The minimum absolute atomic E-state index is 0.0128. The zero-order valence-electron chi connectivity index (χ0n) is 17.4. The minimum atomic E-state index is -0.563. The van der Waals surface area contributed by atoms with Crippen LogP contribution in [0.15, 0.2) is 48.9 Å². The van der Waals surface area contributed by atoms with E-state index < -0.39 is 5.82 Å². The molecule has 1 aliphatic heterocycles. The van der Waals surface area contributed by atoms with Crippen molar-refractivity contribution in [1.29, 1.82) is 0 Å². The first-order chi connectivity index (χ1) is 15.9. The van der Waals surface area contributed by atoms with E-state index in [1.165, 1.54) is 12.4 Å². The Balaban J connectivity index is 1.50. The summed E-state index contributed by atoms with van der Waals surface area (Å²) < 4.78 is 14.4. The van der Waals surface area contributed by atoms with E-state index in [9.17, 15) is 9.18 Å². The number of aromatic nitrogens is 3. The first-order valence-corrected chi connectivity index (χ1v) is 10.9. The molecule has 0 bridgehead atoms.